The number of nitrogens with two attached hydrogens (primary N) is 1. The van der Waals surface area contributed by atoms with Crippen molar-refractivity contribution in [1.82, 2.24) is 5.32 Å². The summed E-state index contributed by atoms with van der Waals surface area (Å²) >= 11 is 0. The number of aliphatic hydroxyl groups excluding tert-OH is 1. The van der Waals surface area contributed by atoms with Crippen LogP contribution in [0.1, 0.15) is 32.6 Å². The lowest BCUT2D eigenvalue weighted by atomic mass is 9.92. The van der Waals surface area contributed by atoms with Crippen molar-refractivity contribution >= 4 is 11.9 Å². The molecule has 1 unspecified atom stereocenters. The maximum absolute atomic E-state index is 11.6. The number of nitrogens with one attached hydrogen (secondary N) is 1. The van der Waals surface area contributed by atoms with Crippen LogP contribution < -0.4 is 11.1 Å². The summed E-state index contributed by atoms with van der Waals surface area (Å²) in [5, 5.41) is 12.3. The predicted molar refractivity (Wildman–Crippen MR) is 61.0 cm³/mol. The molecule has 0 aromatic rings. The van der Waals surface area contributed by atoms with Gasteiger partial charge in [0.05, 0.1) is 18.8 Å². The molecule has 0 radical (unpaired) electrons. The Morgan fingerprint density at radius 3 is 2.71 bits per heavy atom. The van der Waals surface area contributed by atoms with Gasteiger partial charge in [0.25, 0.3) is 0 Å². The first-order valence-electron chi connectivity index (χ1n) is 5.97. The van der Waals surface area contributed by atoms with Gasteiger partial charge in [-0.2, -0.15) is 0 Å². The molecule has 1 fully saturated rings. The Morgan fingerprint density at radius 1 is 1.47 bits per heavy atom. The second-order valence-corrected chi connectivity index (χ2v) is 4.20. The zero-order valence-electron chi connectivity index (χ0n) is 10.0. The Labute approximate surface area is 101 Å². The summed E-state index contributed by atoms with van der Waals surface area (Å²) in [4.78, 5) is 22.9. The van der Waals surface area contributed by atoms with Crippen molar-refractivity contribution < 1.29 is 19.4 Å². The van der Waals surface area contributed by atoms with Crippen LogP contribution in [0.15, 0.2) is 0 Å². The highest BCUT2D eigenvalue weighted by Crippen LogP contribution is 2.18. The zero-order chi connectivity index (χ0) is 12.8. The molecule has 0 bridgehead atoms. The third-order valence-electron chi connectivity index (χ3n) is 2.88. The molecule has 1 rings (SSSR count). The van der Waals surface area contributed by atoms with E-state index in [4.69, 9.17) is 5.73 Å². The fourth-order valence-electron chi connectivity index (χ4n) is 1.89. The van der Waals surface area contributed by atoms with Gasteiger partial charge in [-0.25, -0.2) is 4.79 Å². The molecule has 0 aliphatic heterocycles. The zero-order valence-corrected chi connectivity index (χ0v) is 10.0. The molecule has 1 aliphatic rings. The molecule has 98 valence electrons. The van der Waals surface area contributed by atoms with Gasteiger partial charge in [-0.1, -0.05) is 12.8 Å². The van der Waals surface area contributed by atoms with Gasteiger partial charge in [0.15, 0.2) is 6.04 Å². The van der Waals surface area contributed by atoms with Crippen LogP contribution in [0, 0.1) is 0 Å². The largest absolute Gasteiger partial charge is 0.464 e. The van der Waals surface area contributed by atoms with E-state index in [2.05, 4.69) is 10.1 Å². The number of amides is 1. The van der Waals surface area contributed by atoms with Crippen molar-refractivity contribution in [2.24, 2.45) is 5.73 Å². The molecular formula is C11H20N2O4. The summed E-state index contributed by atoms with van der Waals surface area (Å²) in [5.41, 5.74) is 5.44. The van der Waals surface area contributed by atoms with Crippen LogP contribution in [0.5, 0.6) is 0 Å². The lowest BCUT2D eigenvalue weighted by Crippen LogP contribution is -2.53. The van der Waals surface area contributed by atoms with Crippen molar-refractivity contribution in [3.63, 3.8) is 0 Å². The number of aliphatic hydroxyl groups is 1. The van der Waals surface area contributed by atoms with E-state index in [1.54, 1.807) is 6.92 Å². The number of carbonyl (C=O) groups is 2. The highest BCUT2D eigenvalue weighted by molar-refractivity contribution is 6.01. The molecule has 1 saturated carbocycles. The first kappa shape index (κ1) is 13.9. The average Bonchev–Trinajstić information content (AvgIpc) is 2.31. The van der Waals surface area contributed by atoms with Gasteiger partial charge in [0.1, 0.15) is 0 Å². The molecule has 6 nitrogen and oxygen atoms in total. The first-order chi connectivity index (χ1) is 8.06. The fraction of sp³-hybridized carbons (Fsp3) is 0.818. The minimum absolute atomic E-state index is 0.186. The van der Waals surface area contributed by atoms with Crippen LogP contribution in [0.25, 0.3) is 0 Å². The molecule has 1 aliphatic carbocycles. The standard InChI is InChI=1S/C11H20N2O4/c1-2-17-11(16)9(12)10(15)13-7-5-3-4-6-8(7)14/h7-9,14H,2-6,12H2,1H3,(H,13,15)/t7-,8-,9?/m1/s1. The van der Waals surface area contributed by atoms with Crippen LogP contribution in [0.3, 0.4) is 0 Å². The quantitative estimate of drug-likeness (QED) is 0.448. The van der Waals surface area contributed by atoms with Gasteiger partial charge in [-0.05, 0) is 19.8 Å². The van der Waals surface area contributed by atoms with E-state index in [9.17, 15) is 14.7 Å². The summed E-state index contributed by atoms with van der Waals surface area (Å²) in [6.45, 7) is 1.83. The van der Waals surface area contributed by atoms with Crippen LogP contribution in [0.4, 0.5) is 0 Å². The Kier molecular flexibility index (Phi) is 5.37. The van der Waals surface area contributed by atoms with Crippen LogP contribution >= 0.6 is 0 Å². The second kappa shape index (κ2) is 6.56. The molecule has 0 aromatic carbocycles. The summed E-state index contributed by atoms with van der Waals surface area (Å²) in [6.07, 6.45) is 2.73. The van der Waals surface area contributed by atoms with Gasteiger partial charge in [-0.3, -0.25) is 4.79 Å². The SMILES string of the molecule is CCOC(=O)C(N)C(=O)N[C@@H]1CCCC[C@H]1O. The van der Waals surface area contributed by atoms with Gasteiger partial charge < -0.3 is 20.9 Å². The lowest BCUT2D eigenvalue weighted by molar-refractivity contribution is -0.148. The molecule has 4 N–H and O–H groups in total. The molecular weight excluding hydrogens is 224 g/mol. The fourth-order valence-corrected chi connectivity index (χ4v) is 1.89. The van der Waals surface area contributed by atoms with E-state index in [1.807, 2.05) is 0 Å². The third-order valence-corrected chi connectivity index (χ3v) is 2.88. The van der Waals surface area contributed by atoms with E-state index < -0.39 is 24.0 Å². The van der Waals surface area contributed by atoms with Crippen molar-refractivity contribution in [3.8, 4) is 0 Å². The van der Waals surface area contributed by atoms with Crippen molar-refractivity contribution in [2.45, 2.75) is 50.8 Å². The van der Waals surface area contributed by atoms with Crippen LogP contribution in [0.2, 0.25) is 0 Å². The normalized spacial score (nSPS) is 26.1. The summed E-state index contributed by atoms with van der Waals surface area (Å²) in [7, 11) is 0. The minimum atomic E-state index is -1.32. The van der Waals surface area contributed by atoms with Crippen molar-refractivity contribution in [2.75, 3.05) is 6.61 Å². The van der Waals surface area contributed by atoms with E-state index >= 15 is 0 Å². The van der Waals surface area contributed by atoms with E-state index in [-0.39, 0.29) is 12.6 Å². The van der Waals surface area contributed by atoms with Gasteiger partial charge in [0.2, 0.25) is 5.91 Å². The van der Waals surface area contributed by atoms with E-state index in [0.29, 0.717) is 12.8 Å². The number of hydrogen-bond donors (Lipinski definition) is 3. The van der Waals surface area contributed by atoms with Gasteiger partial charge in [0, 0.05) is 0 Å². The number of ether oxygens (including phenoxy) is 1. The third kappa shape index (κ3) is 3.98. The van der Waals surface area contributed by atoms with Crippen molar-refractivity contribution in [1.29, 1.82) is 0 Å². The van der Waals surface area contributed by atoms with Crippen LogP contribution in [-0.4, -0.2) is 41.8 Å². The van der Waals surface area contributed by atoms with Crippen molar-refractivity contribution in [3.05, 3.63) is 0 Å². The molecule has 17 heavy (non-hydrogen) atoms. The smallest absolute Gasteiger partial charge is 0.332 e. The highest BCUT2D eigenvalue weighted by Gasteiger charge is 2.29. The summed E-state index contributed by atoms with van der Waals surface area (Å²) in [6, 6.07) is -1.62. The molecule has 0 spiro atoms. The molecule has 0 saturated heterocycles. The van der Waals surface area contributed by atoms with Gasteiger partial charge in [-0.15, -0.1) is 0 Å². The molecule has 6 heteroatoms. The molecule has 0 heterocycles. The number of hydrogen-bond acceptors (Lipinski definition) is 5. The number of rotatable bonds is 4. The number of esters is 1. The van der Waals surface area contributed by atoms with E-state index in [0.717, 1.165) is 12.8 Å². The molecule has 0 aromatic heterocycles. The first-order valence-corrected chi connectivity index (χ1v) is 5.97. The Bertz CT molecular complexity index is 283. The maximum Gasteiger partial charge on any atom is 0.332 e. The highest BCUT2D eigenvalue weighted by atomic mass is 16.5. The summed E-state index contributed by atoms with van der Waals surface area (Å²) < 4.78 is 4.65. The predicted octanol–water partition coefficient (Wildman–Crippen LogP) is -0.703. The monoisotopic (exact) mass is 244 g/mol. The number of carbonyl (C=O) groups excluding carboxylic acids is 2. The Morgan fingerprint density at radius 2 is 2.12 bits per heavy atom. The summed E-state index contributed by atoms with van der Waals surface area (Å²) in [5.74, 6) is -1.33. The lowest BCUT2D eigenvalue weighted by Gasteiger charge is -2.28. The maximum atomic E-state index is 11.6. The Balaban J connectivity index is 2.44. The molecule has 3 atom stereocenters. The second-order valence-electron chi connectivity index (χ2n) is 4.20. The van der Waals surface area contributed by atoms with E-state index in [1.165, 1.54) is 0 Å². The molecule has 1 amide bonds. The topological polar surface area (TPSA) is 102 Å². The van der Waals surface area contributed by atoms with Gasteiger partial charge >= 0.3 is 5.97 Å². The average molecular weight is 244 g/mol. The minimum Gasteiger partial charge on any atom is -0.464 e. The Hall–Kier alpha value is -1.14. The van der Waals surface area contributed by atoms with Crippen LogP contribution in [-0.2, 0) is 14.3 Å².